The van der Waals surface area contributed by atoms with Crippen LogP contribution in [-0.2, 0) is 9.57 Å². The van der Waals surface area contributed by atoms with E-state index in [1.54, 1.807) is 0 Å². The molecule has 0 bridgehead atoms. The number of pyridine rings is 1. The molecule has 0 radical (unpaired) electrons. The van der Waals surface area contributed by atoms with Gasteiger partial charge in [0.2, 0.25) is 0 Å². The first-order chi connectivity index (χ1) is 15.9. The molecule has 1 aromatic heterocycles. The molecule has 7 nitrogen and oxygen atoms in total. The summed E-state index contributed by atoms with van der Waals surface area (Å²) in [5.41, 5.74) is 2.83. The number of aromatic nitrogens is 1. The van der Waals surface area contributed by atoms with E-state index in [2.05, 4.69) is 27.4 Å². The maximum atomic E-state index is 6.38. The Balaban J connectivity index is 1.38. The summed E-state index contributed by atoms with van der Waals surface area (Å²) >= 11 is 0. The van der Waals surface area contributed by atoms with E-state index in [1.807, 2.05) is 77.2 Å². The fraction of sp³-hybridized carbons (Fsp3) is 0.280. The Hall–Kier alpha value is -3.42. The summed E-state index contributed by atoms with van der Waals surface area (Å²) in [5.74, 6) is 1.35. The zero-order valence-corrected chi connectivity index (χ0v) is 17.9. The average Bonchev–Trinajstić information content (AvgIpc) is 2.86. The highest BCUT2D eigenvalue weighted by molar-refractivity contribution is 5.82. The van der Waals surface area contributed by atoms with Crippen molar-refractivity contribution in [1.82, 2.24) is 9.99 Å². The van der Waals surface area contributed by atoms with Gasteiger partial charge in [-0.15, -0.1) is 0 Å². The summed E-state index contributed by atoms with van der Waals surface area (Å²) in [7, 11) is 0. The highest BCUT2D eigenvalue weighted by Crippen LogP contribution is 2.25. The van der Waals surface area contributed by atoms with Gasteiger partial charge in [0.05, 0.1) is 29.7 Å². The van der Waals surface area contributed by atoms with E-state index in [4.69, 9.17) is 9.57 Å². The van der Waals surface area contributed by atoms with Gasteiger partial charge in [-0.2, -0.15) is 5.17 Å². The molecule has 0 unspecified atom stereocenters. The number of hydrogen-bond acceptors (Lipinski definition) is 7. The van der Waals surface area contributed by atoms with Crippen molar-refractivity contribution >= 4 is 28.5 Å². The Bertz CT molecular complexity index is 1100. The summed E-state index contributed by atoms with van der Waals surface area (Å²) in [4.78, 5) is 15.4. The zero-order chi connectivity index (χ0) is 21.6. The third-order valence-corrected chi connectivity index (χ3v) is 5.66. The lowest BCUT2D eigenvalue weighted by Crippen LogP contribution is -2.46. The topological polar surface area (TPSA) is 62.2 Å². The van der Waals surface area contributed by atoms with Gasteiger partial charge in [-0.05, 0) is 49.1 Å². The first kappa shape index (κ1) is 20.5. The summed E-state index contributed by atoms with van der Waals surface area (Å²) in [6.45, 7) is 2.68. The summed E-state index contributed by atoms with van der Waals surface area (Å²) in [6, 6.07) is 20.3. The highest BCUT2D eigenvalue weighted by atomic mass is 16.7. The molecule has 2 aliphatic heterocycles. The number of hydrogen-bond donors (Lipinski definition) is 1. The van der Waals surface area contributed by atoms with Crippen molar-refractivity contribution < 1.29 is 9.57 Å². The number of allylic oxidation sites excluding steroid dienone is 1. The predicted octanol–water partition coefficient (Wildman–Crippen LogP) is 4.61. The normalized spacial score (nSPS) is 16.8. The Morgan fingerprint density at radius 1 is 1.06 bits per heavy atom. The molecule has 164 valence electrons. The van der Waals surface area contributed by atoms with E-state index in [9.17, 15) is 0 Å². The second-order valence-corrected chi connectivity index (χ2v) is 7.93. The van der Waals surface area contributed by atoms with Crippen LogP contribution in [0.1, 0.15) is 12.8 Å². The monoisotopic (exact) mass is 429 g/mol. The first-order valence-corrected chi connectivity index (χ1v) is 11.0. The first-order valence-electron chi connectivity index (χ1n) is 11.0. The van der Waals surface area contributed by atoms with E-state index in [0.717, 1.165) is 54.2 Å². The fourth-order valence-corrected chi connectivity index (χ4v) is 3.89. The molecule has 0 aliphatic carbocycles. The highest BCUT2D eigenvalue weighted by Gasteiger charge is 2.24. The van der Waals surface area contributed by atoms with Gasteiger partial charge in [-0.3, -0.25) is 14.8 Å². The molecule has 1 fully saturated rings. The smallest absolute Gasteiger partial charge is 0.133 e. The van der Waals surface area contributed by atoms with E-state index in [0.29, 0.717) is 19.2 Å². The molecule has 3 aromatic rings. The van der Waals surface area contributed by atoms with Gasteiger partial charge in [-0.1, -0.05) is 36.4 Å². The van der Waals surface area contributed by atoms with Crippen molar-refractivity contribution in [2.45, 2.75) is 12.8 Å². The number of nitrogens with one attached hydrogen (secondary N) is 1. The lowest BCUT2D eigenvalue weighted by molar-refractivity contribution is -0.0305. The molecular formula is C25H27N5O2. The number of nitrogens with zero attached hydrogens (tertiary/aromatic N) is 4. The summed E-state index contributed by atoms with van der Waals surface area (Å²) in [6.07, 6.45) is 7.65. The molecular weight excluding hydrogens is 402 g/mol. The Labute approximate surface area is 187 Å². The van der Waals surface area contributed by atoms with Crippen LogP contribution in [0.25, 0.3) is 10.9 Å². The molecule has 1 N–H and O–H groups in total. The SMILES string of the molecule is C1=NCN(N(OCC2CCOCC2)c2ccccc2)C(Nc2cnc3ccccc3c2)=C1. The van der Waals surface area contributed by atoms with Gasteiger partial charge in [-0.25, -0.2) is 5.01 Å². The number of rotatable bonds is 7. The summed E-state index contributed by atoms with van der Waals surface area (Å²) < 4.78 is 5.50. The van der Waals surface area contributed by atoms with Gasteiger partial charge in [0, 0.05) is 24.8 Å². The Morgan fingerprint density at radius 3 is 2.75 bits per heavy atom. The Morgan fingerprint density at radius 2 is 1.88 bits per heavy atom. The second kappa shape index (κ2) is 9.80. The van der Waals surface area contributed by atoms with Crippen LogP contribution in [0, 0.1) is 5.92 Å². The van der Waals surface area contributed by atoms with E-state index < -0.39 is 0 Å². The standard InChI is InChI=1S/C25H27N5O2/c1-2-7-23(8-3-1)30(32-18-20-11-14-31-15-12-20)29-19-26-13-10-25(29)28-22-16-21-6-4-5-9-24(21)27-17-22/h1-10,13,16-17,20,28H,11-12,14-15,18-19H2. The van der Waals surface area contributed by atoms with Crippen molar-refractivity contribution in [2.24, 2.45) is 10.9 Å². The van der Waals surface area contributed by atoms with Gasteiger partial charge in [0.1, 0.15) is 12.5 Å². The van der Waals surface area contributed by atoms with E-state index >= 15 is 0 Å². The number of hydrazine groups is 1. The van der Waals surface area contributed by atoms with Crippen molar-refractivity contribution in [3.8, 4) is 0 Å². The minimum absolute atomic E-state index is 0.447. The maximum Gasteiger partial charge on any atom is 0.133 e. The molecule has 2 aromatic carbocycles. The average molecular weight is 430 g/mol. The van der Waals surface area contributed by atoms with Crippen LogP contribution in [0.4, 0.5) is 11.4 Å². The molecule has 2 aliphatic rings. The number of anilines is 2. The van der Waals surface area contributed by atoms with Crippen LogP contribution in [0.3, 0.4) is 0 Å². The lowest BCUT2D eigenvalue weighted by Gasteiger charge is -2.38. The van der Waals surface area contributed by atoms with Crippen LogP contribution in [0.5, 0.6) is 0 Å². The van der Waals surface area contributed by atoms with Crippen molar-refractivity contribution in [1.29, 1.82) is 0 Å². The van der Waals surface area contributed by atoms with Crippen LogP contribution in [0.2, 0.25) is 0 Å². The maximum absolute atomic E-state index is 6.38. The fourth-order valence-electron chi connectivity index (χ4n) is 3.89. The second-order valence-electron chi connectivity index (χ2n) is 7.93. The predicted molar refractivity (Wildman–Crippen MR) is 127 cm³/mol. The molecule has 3 heterocycles. The number of para-hydroxylation sites is 2. The van der Waals surface area contributed by atoms with Gasteiger partial charge in [0.25, 0.3) is 0 Å². The van der Waals surface area contributed by atoms with Crippen molar-refractivity contribution in [3.05, 3.63) is 78.8 Å². The lowest BCUT2D eigenvalue weighted by atomic mass is 10.0. The molecule has 0 atom stereocenters. The van der Waals surface area contributed by atoms with Crippen molar-refractivity contribution in [2.75, 3.05) is 37.0 Å². The molecule has 0 saturated carbocycles. The van der Waals surface area contributed by atoms with Gasteiger partial charge >= 0.3 is 0 Å². The van der Waals surface area contributed by atoms with E-state index in [1.165, 1.54) is 0 Å². The number of ether oxygens (including phenoxy) is 1. The van der Waals surface area contributed by atoms with E-state index in [-0.39, 0.29) is 0 Å². The molecule has 0 amide bonds. The van der Waals surface area contributed by atoms with Crippen molar-refractivity contribution in [3.63, 3.8) is 0 Å². The number of aliphatic imine (C=N–C) groups is 1. The third-order valence-electron chi connectivity index (χ3n) is 5.66. The zero-order valence-electron chi connectivity index (χ0n) is 17.9. The van der Waals surface area contributed by atoms with Crippen LogP contribution in [-0.4, -0.2) is 42.7 Å². The van der Waals surface area contributed by atoms with Gasteiger partial charge in [0.15, 0.2) is 0 Å². The van der Waals surface area contributed by atoms with Crippen LogP contribution >= 0.6 is 0 Å². The molecule has 32 heavy (non-hydrogen) atoms. The molecule has 5 rings (SSSR count). The molecule has 0 spiro atoms. The van der Waals surface area contributed by atoms with Crippen LogP contribution < -0.4 is 10.5 Å². The third kappa shape index (κ3) is 4.74. The Kier molecular flexibility index (Phi) is 6.28. The van der Waals surface area contributed by atoms with Gasteiger partial charge < -0.3 is 10.1 Å². The molecule has 1 saturated heterocycles. The quantitative estimate of drug-likeness (QED) is 0.554. The largest absolute Gasteiger partial charge is 0.381 e. The summed E-state index contributed by atoms with van der Waals surface area (Å²) in [5, 5.41) is 8.44. The van der Waals surface area contributed by atoms with Crippen LogP contribution in [0.15, 0.2) is 83.7 Å². The minimum Gasteiger partial charge on any atom is -0.381 e. The minimum atomic E-state index is 0.447. The number of fused-ring (bicyclic) bond motifs is 1. The number of benzene rings is 2. The molecule has 7 heteroatoms.